The van der Waals surface area contributed by atoms with Crippen LogP contribution in [0.5, 0.6) is 0 Å². The molecule has 6 heteroatoms. The number of fused-ring (bicyclic) bond motifs is 1. The Morgan fingerprint density at radius 1 is 0.511 bits per heavy atom. The Kier molecular flexibility index (Phi) is 8.18. The normalized spacial score (nSPS) is 22.6. The smallest absolute Gasteiger partial charge is 0.335 e. The molecule has 0 N–H and O–H groups in total. The van der Waals surface area contributed by atoms with E-state index in [1.54, 1.807) is 0 Å². The first-order valence-electron chi connectivity index (χ1n) is 15.4. The summed E-state index contributed by atoms with van der Waals surface area (Å²) in [7, 11) is -2.05. The van der Waals surface area contributed by atoms with Crippen molar-refractivity contribution in [3.05, 3.63) is 179 Å². The van der Waals surface area contributed by atoms with Crippen molar-refractivity contribution in [3.63, 3.8) is 0 Å². The maximum atomic E-state index is 7.38. The molecule has 0 amide bonds. The lowest BCUT2D eigenvalue weighted by Gasteiger charge is -2.41. The van der Waals surface area contributed by atoms with E-state index in [4.69, 9.17) is 23.0 Å². The first kappa shape index (κ1) is 30.0. The van der Waals surface area contributed by atoms with E-state index < -0.39 is 37.8 Å². The zero-order valence-electron chi connectivity index (χ0n) is 25.7. The van der Waals surface area contributed by atoms with Crippen molar-refractivity contribution < 1.29 is 23.0 Å². The minimum Gasteiger partial charge on any atom is -0.341 e. The summed E-state index contributed by atoms with van der Waals surface area (Å²) in [5, 5.41) is 0. The Balaban J connectivity index is 1.52. The van der Waals surface area contributed by atoms with Crippen LogP contribution in [0, 0.1) is 0 Å². The average molecular weight is 617 g/mol. The fraction of sp³-hybridized carbons (Fsp3) is 0.231. The lowest BCUT2D eigenvalue weighted by atomic mass is 9.72. The summed E-state index contributed by atoms with van der Waals surface area (Å²) in [6, 6.07) is 51.1. The monoisotopic (exact) mass is 616 g/mol. The van der Waals surface area contributed by atoms with Crippen LogP contribution < -0.4 is 0 Å². The van der Waals surface area contributed by atoms with Gasteiger partial charge in [-0.05, 0) is 48.6 Å². The standard InChI is InChI=1S/C39H37O5P/c1-29(30-19-9-4-10-20-30)42-45-43-38(31-21-11-5-12-22-31,32-23-13-6-14-24-32)35-36(41-37(2,3)40-35)39(44-45,33-25-15-7-16-26-33)34-27-17-8-18-28-34/h4-29,35-36H,1-3H3/t29-,35+,36+/m0/s1. The van der Waals surface area contributed by atoms with Crippen LogP contribution in [-0.4, -0.2) is 18.0 Å². The molecule has 0 aliphatic carbocycles. The van der Waals surface area contributed by atoms with Crippen molar-refractivity contribution in [3.8, 4) is 0 Å². The second-order valence-corrected chi connectivity index (χ2v) is 13.0. The minimum atomic E-state index is -2.05. The molecule has 2 aliphatic heterocycles. The van der Waals surface area contributed by atoms with E-state index in [9.17, 15) is 0 Å². The summed E-state index contributed by atoms with van der Waals surface area (Å²) in [6.07, 6.45) is -1.59. The van der Waals surface area contributed by atoms with E-state index in [1.165, 1.54) is 0 Å². The zero-order chi connectivity index (χ0) is 30.9. The molecule has 0 saturated carbocycles. The fourth-order valence-corrected chi connectivity index (χ4v) is 8.22. The Morgan fingerprint density at radius 2 is 0.822 bits per heavy atom. The van der Waals surface area contributed by atoms with Crippen molar-refractivity contribution in [2.45, 2.75) is 56.1 Å². The summed E-state index contributed by atoms with van der Waals surface area (Å²) in [5.41, 5.74) is 2.45. The highest BCUT2D eigenvalue weighted by Gasteiger charge is 2.67. The van der Waals surface area contributed by atoms with Gasteiger partial charge in [0.25, 0.3) is 0 Å². The largest absolute Gasteiger partial charge is 0.341 e. The summed E-state index contributed by atoms with van der Waals surface area (Å²) < 4.78 is 35.7. The molecule has 5 nitrogen and oxygen atoms in total. The van der Waals surface area contributed by atoms with Crippen molar-refractivity contribution in [2.75, 3.05) is 0 Å². The van der Waals surface area contributed by atoms with Gasteiger partial charge in [-0.3, -0.25) is 9.05 Å². The summed E-state index contributed by atoms with van der Waals surface area (Å²) >= 11 is 0. The Bertz CT molecular complexity index is 1500. The Labute approximate surface area is 266 Å². The third-order valence-corrected chi connectivity index (χ3v) is 10.0. The van der Waals surface area contributed by atoms with Crippen LogP contribution in [0.1, 0.15) is 54.7 Å². The van der Waals surface area contributed by atoms with Crippen molar-refractivity contribution >= 4 is 8.60 Å². The van der Waals surface area contributed by atoms with Crippen LogP contribution in [0.4, 0.5) is 0 Å². The third kappa shape index (κ3) is 5.44. The van der Waals surface area contributed by atoms with Crippen LogP contribution in [0.3, 0.4) is 0 Å². The summed E-state index contributed by atoms with van der Waals surface area (Å²) in [4.78, 5) is 0. The lowest BCUT2D eigenvalue weighted by molar-refractivity contribution is -0.176. The van der Waals surface area contributed by atoms with Gasteiger partial charge in [0.1, 0.15) is 12.2 Å². The fourth-order valence-electron chi connectivity index (χ4n) is 6.61. The average Bonchev–Trinajstić information content (AvgIpc) is 3.38. The molecular weight excluding hydrogens is 579 g/mol. The van der Waals surface area contributed by atoms with Crippen LogP contribution in [0.25, 0.3) is 0 Å². The number of hydrogen-bond acceptors (Lipinski definition) is 5. The van der Waals surface area contributed by atoms with E-state index in [1.807, 2.05) is 112 Å². The van der Waals surface area contributed by atoms with Gasteiger partial charge in [0, 0.05) is 0 Å². The van der Waals surface area contributed by atoms with Crippen LogP contribution in [0.2, 0.25) is 0 Å². The topological polar surface area (TPSA) is 46.2 Å². The summed E-state index contributed by atoms with van der Waals surface area (Å²) in [5.74, 6) is -0.941. The molecule has 2 fully saturated rings. The van der Waals surface area contributed by atoms with Gasteiger partial charge < -0.3 is 14.0 Å². The second kappa shape index (κ2) is 12.3. The summed E-state index contributed by atoms with van der Waals surface area (Å²) in [6.45, 7) is 5.95. The molecule has 2 aliphatic rings. The molecule has 2 saturated heterocycles. The maximum absolute atomic E-state index is 7.38. The molecule has 2 heterocycles. The maximum Gasteiger partial charge on any atom is 0.335 e. The van der Waals surface area contributed by atoms with Crippen LogP contribution in [-0.2, 0) is 34.2 Å². The molecule has 0 bridgehead atoms. The molecule has 5 aromatic carbocycles. The van der Waals surface area contributed by atoms with E-state index in [2.05, 4.69) is 60.7 Å². The number of rotatable bonds is 7. The van der Waals surface area contributed by atoms with Gasteiger partial charge in [0.15, 0.2) is 17.0 Å². The van der Waals surface area contributed by atoms with Gasteiger partial charge in [-0.2, -0.15) is 0 Å². The number of ether oxygens (including phenoxy) is 2. The quantitative estimate of drug-likeness (QED) is 0.171. The molecule has 0 radical (unpaired) electrons. The molecule has 5 aromatic rings. The molecule has 45 heavy (non-hydrogen) atoms. The van der Waals surface area contributed by atoms with E-state index in [-0.39, 0.29) is 6.10 Å². The number of benzene rings is 5. The highest BCUT2D eigenvalue weighted by molar-refractivity contribution is 7.41. The van der Waals surface area contributed by atoms with Crippen molar-refractivity contribution in [2.24, 2.45) is 0 Å². The molecule has 228 valence electrons. The molecule has 0 unspecified atom stereocenters. The first-order chi connectivity index (χ1) is 21.9. The highest BCUT2D eigenvalue weighted by Crippen LogP contribution is 2.65. The second-order valence-electron chi connectivity index (χ2n) is 12.0. The zero-order valence-corrected chi connectivity index (χ0v) is 26.5. The van der Waals surface area contributed by atoms with Gasteiger partial charge in [-0.1, -0.05) is 152 Å². The third-order valence-electron chi connectivity index (χ3n) is 8.66. The van der Waals surface area contributed by atoms with E-state index in [0.717, 1.165) is 27.8 Å². The first-order valence-corrected chi connectivity index (χ1v) is 16.5. The van der Waals surface area contributed by atoms with Gasteiger partial charge >= 0.3 is 8.60 Å². The SMILES string of the molecule is C[C@H](OP1OC(c2ccccc2)(c2ccccc2)[C@@H]2OC(C)(C)O[C@H]2C(c2ccccc2)(c2ccccc2)O1)c1ccccc1. The number of hydrogen-bond donors (Lipinski definition) is 0. The Hall–Kier alpha value is -3.67. The van der Waals surface area contributed by atoms with Crippen LogP contribution >= 0.6 is 8.60 Å². The van der Waals surface area contributed by atoms with E-state index >= 15 is 0 Å². The van der Waals surface area contributed by atoms with Gasteiger partial charge in [0.2, 0.25) is 0 Å². The lowest BCUT2D eigenvalue weighted by Crippen LogP contribution is -2.53. The van der Waals surface area contributed by atoms with Crippen molar-refractivity contribution in [1.82, 2.24) is 0 Å². The van der Waals surface area contributed by atoms with E-state index in [0.29, 0.717) is 0 Å². The molecule has 3 atom stereocenters. The Morgan fingerprint density at radius 3 is 1.16 bits per heavy atom. The van der Waals surface area contributed by atoms with Crippen molar-refractivity contribution in [1.29, 1.82) is 0 Å². The molecular formula is C39H37O5P. The van der Waals surface area contributed by atoms with Gasteiger partial charge in [0.05, 0.1) is 6.10 Å². The predicted octanol–water partition coefficient (Wildman–Crippen LogP) is 9.45. The minimum absolute atomic E-state index is 0.318. The highest BCUT2D eigenvalue weighted by atomic mass is 31.2. The molecule has 0 spiro atoms. The van der Waals surface area contributed by atoms with Gasteiger partial charge in [-0.15, -0.1) is 0 Å². The predicted molar refractivity (Wildman–Crippen MR) is 176 cm³/mol. The van der Waals surface area contributed by atoms with Gasteiger partial charge in [-0.25, -0.2) is 0 Å². The molecule has 7 rings (SSSR count). The molecule has 0 aromatic heterocycles. The van der Waals surface area contributed by atoms with Crippen LogP contribution in [0.15, 0.2) is 152 Å².